The first-order valence-electron chi connectivity index (χ1n) is 9.06. The van der Waals surface area contributed by atoms with Gasteiger partial charge < -0.3 is 4.90 Å². The molecule has 0 spiro atoms. The molecule has 3 rings (SSSR count). The Morgan fingerprint density at radius 1 is 1.14 bits per heavy atom. The average Bonchev–Trinajstić information content (AvgIpc) is 2.94. The van der Waals surface area contributed by atoms with Crippen LogP contribution in [0, 0.1) is 19.7 Å². The van der Waals surface area contributed by atoms with E-state index in [0.29, 0.717) is 11.6 Å². The van der Waals surface area contributed by atoms with Gasteiger partial charge in [0.15, 0.2) is 0 Å². The Bertz CT molecular complexity index is 974. The molecular weight excluding hydrogens is 385 g/mol. The van der Waals surface area contributed by atoms with E-state index < -0.39 is 21.9 Å². The van der Waals surface area contributed by atoms with Gasteiger partial charge in [-0.15, -0.1) is 0 Å². The van der Waals surface area contributed by atoms with Crippen molar-refractivity contribution in [1.29, 1.82) is 0 Å². The van der Waals surface area contributed by atoms with Crippen molar-refractivity contribution in [2.75, 3.05) is 13.1 Å². The van der Waals surface area contributed by atoms with Gasteiger partial charge in [0.25, 0.3) is 0 Å². The molecule has 10 heteroatoms. The number of sulfonamides is 1. The molecule has 2 aromatic rings. The predicted octanol–water partition coefficient (Wildman–Crippen LogP) is 1.34. The van der Waals surface area contributed by atoms with Gasteiger partial charge in [0.05, 0.1) is 4.90 Å². The number of piperazine rings is 1. The Morgan fingerprint density at radius 2 is 1.79 bits per heavy atom. The maximum Gasteiger partial charge on any atom is 0.244 e. The van der Waals surface area contributed by atoms with E-state index in [1.165, 1.54) is 16.4 Å². The molecule has 1 fully saturated rings. The highest BCUT2D eigenvalue weighted by molar-refractivity contribution is 7.89. The number of aromatic nitrogens is 3. The second-order valence-electron chi connectivity index (χ2n) is 7.00. The summed E-state index contributed by atoms with van der Waals surface area (Å²) >= 11 is 0. The fourth-order valence-corrected chi connectivity index (χ4v) is 5.16. The Hall–Kier alpha value is -2.33. The van der Waals surface area contributed by atoms with Crippen LogP contribution in [0.5, 0.6) is 0 Å². The predicted molar refractivity (Wildman–Crippen MR) is 100 cm³/mol. The lowest BCUT2D eigenvalue weighted by molar-refractivity contribution is -0.137. The fraction of sp³-hybridized carbons (Fsp3) is 0.500. The van der Waals surface area contributed by atoms with E-state index in [1.54, 1.807) is 30.4 Å². The van der Waals surface area contributed by atoms with E-state index in [0.717, 1.165) is 12.1 Å². The normalized spacial score (nSPS) is 21.1. The van der Waals surface area contributed by atoms with E-state index in [1.807, 2.05) is 6.92 Å². The van der Waals surface area contributed by atoms with Gasteiger partial charge in [-0.25, -0.2) is 22.5 Å². The van der Waals surface area contributed by atoms with Gasteiger partial charge in [-0.1, -0.05) is 0 Å². The Labute approximate surface area is 164 Å². The van der Waals surface area contributed by atoms with Crippen molar-refractivity contribution in [3.05, 3.63) is 41.7 Å². The summed E-state index contributed by atoms with van der Waals surface area (Å²) in [4.78, 5) is 18.7. The molecule has 0 saturated carbocycles. The van der Waals surface area contributed by atoms with Gasteiger partial charge >= 0.3 is 0 Å². The van der Waals surface area contributed by atoms with Crippen LogP contribution in [0.25, 0.3) is 0 Å². The van der Waals surface area contributed by atoms with E-state index in [9.17, 15) is 17.6 Å². The van der Waals surface area contributed by atoms with Crippen LogP contribution in [-0.4, -0.2) is 63.5 Å². The number of halogens is 1. The number of amides is 1. The van der Waals surface area contributed by atoms with Crippen LogP contribution in [0.4, 0.5) is 4.39 Å². The van der Waals surface area contributed by atoms with Crippen LogP contribution in [0.15, 0.2) is 29.2 Å². The van der Waals surface area contributed by atoms with Crippen molar-refractivity contribution in [2.45, 2.75) is 51.2 Å². The summed E-state index contributed by atoms with van der Waals surface area (Å²) in [6.07, 6.45) is 0. The van der Waals surface area contributed by atoms with Crippen LogP contribution in [0.2, 0.25) is 0 Å². The number of hydrogen-bond donors (Lipinski definition) is 0. The summed E-state index contributed by atoms with van der Waals surface area (Å²) < 4.78 is 42.0. The quantitative estimate of drug-likeness (QED) is 0.761. The summed E-state index contributed by atoms with van der Waals surface area (Å²) in [5.74, 6) is 0.631. The summed E-state index contributed by atoms with van der Waals surface area (Å²) in [6.45, 7) is 7.66. The third-order valence-electron chi connectivity index (χ3n) is 5.19. The molecule has 0 aliphatic carbocycles. The van der Waals surface area contributed by atoms with E-state index in [4.69, 9.17) is 0 Å². The number of nitrogens with zero attached hydrogens (tertiary/aromatic N) is 5. The van der Waals surface area contributed by atoms with Crippen LogP contribution in [0.3, 0.4) is 0 Å². The molecule has 8 nitrogen and oxygen atoms in total. The second-order valence-corrected chi connectivity index (χ2v) is 8.89. The van der Waals surface area contributed by atoms with Crippen molar-refractivity contribution in [2.24, 2.45) is 0 Å². The molecule has 2 atom stereocenters. The highest BCUT2D eigenvalue weighted by Crippen LogP contribution is 2.25. The van der Waals surface area contributed by atoms with Gasteiger partial charge in [0, 0.05) is 25.2 Å². The summed E-state index contributed by atoms with van der Waals surface area (Å²) in [7, 11) is -3.77. The summed E-state index contributed by atoms with van der Waals surface area (Å²) in [5, 5.41) is 4.21. The Kier molecular flexibility index (Phi) is 5.53. The zero-order valence-corrected chi connectivity index (χ0v) is 17.1. The first kappa shape index (κ1) is 20.4. The van der Waals surface area contributed by atoms with Gasteiger partial charge in [-0.05, 0) is 52.0 Å². The number of rotatable bonds is 4. The van der Waals surface area contributed by atoms with Gasteiger partial charge in [-0.2, -0.15) is 9.40 Å². The van der Waals surface area contributed by atoms with E-state index in [-0.39, 0.29) is 36.5 Å². The van der Waals surface area contributed by atoms with Crippen LogP contribution in [-0.2, 0) is 21.4 Å². The number of hydrogen-bond acceptors (Lipinski definition) is 5. The third kappa shape index (κ3) is 3.79. The number of benzene rings is 1. The molecule has 28 heavy (non-hydrogen) atoms. The van der Waals surface area contributed by atoms with E-state index >= 15 is 0 Å². The minimum atomic E-state index is -3.77. The summed E-state index contributed by atoms with van der Waals surface area (Å²) in [5.41, 5.74) is 0. The molecule has 2 heterocycles. The van der Waals surface area contributed by atoms with Crippen molar-refractivity contribution in [3.63, 3.8) is 0 Å². The first-order chi connectivity index (χ1) is 13.1. The molecule has 0 N–H and O–H groups in total. The Balaban J connectivity index is 1.75. The molecule has 1 aliphatic rings. The highest BCUT2D eigenvalue weighted by Gasteiger charge is 2.39. The van der Waals surface area contributed by atoms with Gasteiger partial charge in [0.1, 0.15) is 24.0 Å². The maximum absolute atomic E-state index is 13.1. The molecule has 1 saturated heterocycles. The number of carbonyl (C=O) groups is 1. The lowest BCUT2D eigenvalue weighted by Crippen LogP contribution is -2.60. The zero-order valence-electron chi connectivity index (χ0n) is 16.3. The van der Waals surface area contributed by atoms with Gasteiger partial charge in [0.2, 0.25) is 15.9 Å². The topological polar surface area (TPSA) is 88.4 Å². The van der Waals surface area contributed by atoms with Crippen LogP contribution in [0.1, 0.15) is 25.5 Å². The second kappa shape index (κ2) is 7.59. The monoisotopic (exact) mass is 409 g/mol. The minimum absolute atomic E-state index is 0.0430. The standard InChI is InChI=1S/C18H24FN5O3S/c1-12-13(2)24(28(26,27)17-7-5-16(19)6-8-17)10-9-22(12)18(25)11-23-15(4)20-14(3)21-23/h5-8,12-13H,9-11H2,1-4H3/t12-,13-/m1/s1. The van der Waals surface area contributed by atoms with Crippen molar-refractivity contribution in [1.82, 2.24) is 24.0 Å². The first-order valence-corrected chi connectivity index (χ1v) is 10.5. The average molecular weight is 409 g/mol. The van der Waals surface area contributed by atoms with Gasteiger partial charge in [-0.3, -0.25) is 4.79 Å². The number of aryl methyl sites for hydroxylation is 2. The number of carbonyl (C=O) groups excluding carboxylic acids is 1. The lowest BCUT2D eigenvalue weighted by Gasteiger charge is -2.44. The Morgan fingerprint density at radius 3 is 2.36 bits per heavy atom. The molecule has 1 aromatic carbocycles. The van der Waals surface area contributed by atoms with Crippen molar-refractivity contribution >= 4 is 15.9 Å². The fourth-order valence-electron chi connectivity index (χ4n) is 3.48. The smallest absolute Gasteiger partial charge is 0.244 e. The molecule has 152 valence electrons. The minimum Gasteiger partial charge on any atom is -0.335 e. The molecule has 1 amide bonds. The van der Waals surface area contributed by atoms with Crippen molar-refractivity contribution < 1.29 is 17.6 Å². The van der Waals surface area contributed by atoms with Crippen LogP contribution < -0.4 is 0 Å². The molecule has 0 radical (unpaired) electrons. The van der Waals surface area contributed by atoms with Crippen molar-refractivity contribution in [3.8, 4) is 0 Å². The molecule has 0 unspecified atom stereocenters. The van der Waals surface area contributed by atoms with Crippen LogP contribution >= 0.6 is 0 Å². The molecule has 0 bridgehead atoms. The highest BCUT2D eigenvalue weighted by atomic mass is 32.2. The zero-order chi connectivity index (χ0) is 20.6. The molecular formula is C18H24FN5O3S. The molecule has 1 aromatic heterocycles. The summed E-state index contributed by atoms with van der Waals surface area (Å²) in [6, 6.07) is 4.03. The SMILES string of the molecule is Cc1nc(C)n(CC(=O)N2CCN(S(=O)(=O)c3ccc(F)cc3)[C@H](C)[C@H]2C)n1. The largest absolute Gasteiger partial charge is 0.335 e. The lowest BCUT2D eigenvalue weighted by atomic mass is 10.1. The van der Waals surface area contributed by atoms with E-state index in [2.05, 4.69) is 10.1 Å². The maximum atomic E-state index is 13.1. The third-order valence-corrected chi connectivity index (χ3v) is 7.19. The molecule has 1 aliphatic heterocycles.